The predicted molar refractivity (Wildman–Crippen MR) is 67.5 cm³/mol. The van der Waals surface area contributed by atoms with E-state index in [2.05, 4.69) is 5.32 Å². The van der Waals surface area contributed by atoms with Crippen molar-refractivity contribution in [1.82, 2.24) is 5.32 Å². The van der Waals surface area contributed by atoms with E-state index in [0.29, 0.717) is 6.54 Å². The van der Waals surface area contributed by atoms with E-state index in [1.165, 1.54) is 5.56 Å². The summed E-state index contributed by atoms with van der Waals surface area (Å²) in [5, 5.41) is 3.18. The Kier molecular flexibility index (Phi) is 5.66. The molecule has 0 amide bonds. The molecule has 1 unspecified atom stereocenters. The van der Waals surface area contributed by atoms with Gasteiger partial charge in [0.15, 0.2) is 0 Å². The number of benzene rings is 1. The lowest BCUT2D eigenvalue weighted by atomic mass is 10.0. The Morgan fingerprint density at radius 3 is 2.28 bits per heavy atom. The molecule has 0 aromatic heterocycles. The van der Waals surface area contributed by atoms with Gasteiger partial charge < -0.3 is 5.32 Å². The summed E-state index contributed by atoms with van der Waals surface area (Å²) in [6, 6.07) is 8.24. The number of aryl methyl sites for hydroxylation is 1. The fourth-order valence-corrected chi connectivity index (χ4v) is 1.86. The molecule has 18 heavy (non-hydrogen) atoms. The molecule has 0 saturated heterocycles. The number of rotatable bonds is 6. The molecule has 1 atom stereocenters. The van der Waals surface area contributed by atoms with Crippen molar-refractivity contribution in [3.63, 3.8) is 0 Å². The highest BCUT2D eigenvalue weighted by Gasteiger charge is 2.26. The van der Waals surface area contributed by atoms with E-state index >= 15 is 0 Å². The Morgan fingerprint density at radius 2 is 1.78 bits per heavy atom. The Balaban J connectivity index is 2.40. The van der Waals surface area contributed by atoms with Gasteiger partial charge in [0.1, 0.15) is 0 Å². The lowest BCUT2D eigenvalue weighted by molar-refractivity contribution is -0.135. The minimum absolute atomic E-state index is 0.131. The summed E-state index contributed by atoms with van der Waals surface area (Å²) in [6.07, 6.45) is -3.77. The van der Waals surface area contributed by atoms with Crippen LogP contribution in [0.4, 0.5) is 13.2 Å². The fraction of sp³-hybridized carbons (Fsp3) is 0.571. The van der Waals surface area contributed by atoms with E-state index in [1.807, 2.05) is 38.1 Å². The first kappa shape index (κ1) is 15.0. The number of alkyl halides is 3. The summed E-state index contributed by atoms with van der Waals surface area (Å²) in [4.78, 5) is 0. The zero-order valence-electron chi connectivity index (χ0n) is 10.8. The molecule has 0 fully saturated rings. The second-order valence-corrected chi connectivity index (χ2v) is 4.54. The molecule has 1 N–H and O–H groups in total. The highest BCUT2D eigenvalue weighted by molar-refractivity contribution is 5.23. The van der Waals surface area contributed by atoms with Crippen LogP contribution in [0.2, 0.25) is 0 Å². The van der Waals surface area contributed by atoms with Crippen LogP contribution in [0, 0.1) is 6.92 Å². The molecular weight excluding hydrogens is 239 g/mol. The van der Waals surface area contributed by atoms with Crippen LogP contribution in [0.15, 0.2) is 24.3 Å². The Hall–Kier alpha value is -1.03. The standard InChI is InChI=1S/C14H20F3N/c1-3-13(12-7-5-11(2)6-8-12)18-10-4-9-14(15,16)17/h5-8,13,18H,3-4,9-10H2,1-2H3. The van der Waals surface area contributed by atoms with Gasteiger partial charge in [-0.2, -0.15) is 13.2 Å². The van der Waals surface area contributed by atoms with Crippen LogP contribution in [0.1, 0.15) is 43.4 Å². The highest BCUT2D eigenvalue weighted by atomic mass is 19.4. The van der Waals surface area contributed by atoms with Crippen molar-refractivity contribution in [2.75, 3.05) is 6.54 Å². The van der Waals surface area contributed by atoms with E-state index in [0.717, 1.165) is 12.0 Å². The van der Waals surface area contributed by atoms with Gasteiger partial charge in [-0.15, -0.1) is 0 Å². The largest absolute Gasteiger partial charge is 0.389 e. The summed E-state index contributed by atoms with van der Waals surface area (Å²) in [5.41, 5.74) is 2.32. The molecule has 1 aromatic carbocycles. The van der Waals surface area contributed by atoms with Crippen molar-refractivity contribution >= 4 is 0 Å². The molecule has 0 aliphatic heterocycles. The normalized spacial score (nSPS) is 13.6. The van der Waals surface area contributed by atoms with Gasteiger partial charge in [0.25, 0.3) is 0 Å². The molecule has 0 aliphatic carbocycles. The summed E-state index contributed by atoms with van der Waals surface area (Å²) < 4.78 is 36.0. The topological polar surface area (TPSA) is 12.0 Å². The van der Waals surface area contributed by atoms with E-state index in [-0.39, 0.29) is 12.5 Å². The molecular formula is C14H20F3N. The third kappa shape index (κ3) is 5.54. The molecule has 1 rings (SSSR count). The quantitative estimate of drug-likeness (QED) is 0.748. The second kappa shape index (κ2) is 6.78. The van der Waals surface area contributed by atoms with Gasteiger partial charge in [-0.25, -0.2) is 0 Å². The summed E-state index contributed by atoms with van der Waals surface area (Å²) in [7, 11) is 0. The molecule has 0 saturated carbocycles. The minimum Gasteiger partial charge on any atom is -0.310 e. The molecule has 0 spiro atoms. The number of halogens is 3. The number of nitrogens with one attached hydrogen (secondary N) is 1. The molecule has 4 heteroatoms. The van der Waals surface area contributed by atoms with Gasteiger partial charge in [-0.1, -0.05) is 36.8 Å². The van der Waals surface area contributed by atoms with Crippen LogP contribution in [-0.4, -0.2) is 12.7 Å². The lowest BCUT2D eigenvalue weighted by Crippen LogP contribution is -2.23. The first-order valence-electron chi connectivity index (χ1n) is 6.29. The third-order valence-corrected chi connectivity index (χ3v) is 2.92. The molecule has 0 aliphatic rings. The lowest BCUT2D eigenvalue weighted by Gasteiger charge is -2.18. The fourth-order valence-electron chi connectivity index (χ4n) is 1.86. The molecule has 0 radical (unpaired) electrons. The summed E-state index contributed by atoms with van der Waals surface area (Å²) in [5.74, 6) is 0. The maximum absolute atomic E-state index is 12.0. The molecule has 0 heterocycles. The number of hydrogen-bond acceptors (Lipinski definition) is 1. The van der Waals surface area contributed by atoms with Crippen molar-refractivity contribution < 1.29 is 13.2 Å². The first-order chi connectivity index (χ1) is 8.42. The van der Waals surface area contributed by atoms with Crippen LogP contribution in [0.25, 0.3) is 0 Å². The smallest absolute Gasteiger partial charge is 0.310 e. The number of hydrogen-bond donors (Lipinski definition) is 1. The van der Waals surface area contributed by atoms with E-state index in [1.54, 1.807) is 0 Å². The van der Waals surface area contributed by atoms with E-state index in [4.69, 9.17) is 0 Å². The Bertz CT molecular complexity index is 343. The van der Waals surface area contributed by atoms with Crippen molar-refractivity contribution in [3.05, 3.63) is 35.4 Å². The summed E-state index contributed by atoms with van der Waals surface area (Å²) >= 11 is 0. The molecule has 1 nitrogen and oxygen atoms in total. The van der Waals surface area contributed by atoms with Crippen LogP contribution >= 0.6 is 0 Å². The first-order valence-corrected chi connectivity index (χ1v) is 6.29. The predicted octanol–water partition coefficient (Wildman–Crippen LogP) is 4.38. The zero-order valence-corrected chi connectivity index (χ0v) is 10.8. The van der Waals surface area contributed by atoms with Crippen LogP contribution in [-0.2, 0) is 0 Å². The maximum Gasteiger partial charge on any atom is 0.389 e. The van der Waals surface area contributed by atoms with Crippen LogP contribution in [0.3, 0.4) is 0 Å². The maximum atomic E-state index is 12.0. The minimum atomic E-state index is -4.05. The van der Waals surface area contributed by atoms with Crippen LogP contribution in [0.5, 0.6) is 0 Å². The summed E-state index contributed by atoms with van der Waals surface area (Å²) in [6.45, 7) is 4.44. The molecule has 0 bridgehead atoms. The highest BCUT2D eigenvalue weighted by Crippen LogP contribution is 2.22. The van der Waals surface area contributed by atoms with E-state index in [9.17, 15) is 13.2 Å². The Morgan fingerprint density at radius 1 is 1.17 bits per heavy atom. The van der Waals surface area contributed by atoms with E-state index < -0.39 is 12.6 Å². The van der Waals surface area contributed by atoms with Crippen LogP contribution < -0.4 is 5.32 Å². The van der Waals surface area contributed by atoms with Crippen molar-refractivity contribution in [2.45, 2.75) is 45.3 Å². The third-order valence-electron chi connectivity index (χ3n) is 2.92. The van der Waals surface area contributed by atoms with Gasteiger partial charge in [0.2, 0.25) is 0 Å². The zero-order chi connectivity index (χ0) is 13.6. The Labute approximate surface area is 106 Å². The van der Waals surface area contributed by atoms with Crippen molar-refractivity contribution in [2.24, 2.45) is 0 Å². The van der Waals surface area contributed by atoms with Gasteiger partial charge in [0.05, 0.1) is 0 Å². The van der Waals surface area contributed by atoms with Gasteiger partial charge >= 0.3 is 6.18 Å². The van der Waals surface area contributed by atoms with Crippen molar-refractivity contribution in [1.29, 1.82) is 0 Å². The molecule has 1 aromatic rings. The average Bonchev–Trinajstić information content (AvgIpc) is 2.29. The van der Waals surface area contributed by atoms with Gasteiger partial charge in [-0.3, -0.25) is 0 Å². The average molecular weight is 259 g/mol. The SMILES string of the molecule is CCC(NCCCC(F)(F)F)c1ccc(C)cc1. The van der Waals surface area contributed by atoms with Gasteiger partial charge in [0, 0.05) is 12.5 Å². The van der Waals surface area contributed by atoms with Gasteiger partial charge in [-0.05, 0) is 31.9 Å². The van der Waals surface area contributed by atoms with Crippen molar-refractivity contribution in [3.8, 4) is 0 Å². The monoisotopic (exact) mass is 259 g/mol. The second-order valence-electron chi connectivity index (χ2n) is 4.54. The molecule has 102 valence electrons.